The summed E-state index contributed by atoms with van der Waals surface area (Å²) >= 11 is 0. The number of carbonyl (C=O) groups is 1. The summed E-state index contributed by atoms with van der Waals surface area (Å²) in [5.41, 5.74) is 0. The fourth-order valence-electron chi connectivity index (χ4n) is 8.45. The summed E-state index contributed by atoms with van der Waals surface area (Å²) in [5, 5.41) is 12.4. The van der Waals surface area contributed by atoms with Gasteiger partial charge >= 0.3 is 0 Å². The van der Waals surface area contributed by atoms with Crippen LogP contribution in [-0.2, 0) is 9.53 Å². The van der Waals surface area contributed by atoms with Crippen LogP contribution in [0.1, 0.15) is 271 Å². The molecule has 0 rings (SSSR count). The lowest BCUT2D eigenvalue weighted by Gasteiger charge is -2.34. The van der Waals surface area contributed by atoms with Gasteiger partial charge in [-0.25, -0.2) is 0 Å². The summed E-state index contributed by atoms with van der Waals surface area (Å²) in [7, 11) is 2.32. The van der Waals surface area contributed by atoms with Gasteiger partial charge in [0.25, 0.3) is 0 Å². The summed E-state index contributed by atoms with van der Waals surface area (Å²) in [4.78, 5) is 12.6. The first-order chi connectivity index (χ1) is 27.6. The molecule has 2 N–H and O–H groups in total. The molecule has 0 saturated carbocycles. The van der Waals surface area contributed by atoms with Crippen molar-refractivity contribution in [2.75, 3.05) is 53.0 Å². The van der Waals surface area contributed by atoms with E-state index in [2.05, 4.69) is 26.2 Å². The zero-order valence-corrected chi connectivity index (χ0v) is 38.9. The first-order valence-electron chi connectivity index (χ1n) is 25.9. The highest BCUT2D eigenvalue weighted by molar-refractivity contribution is 5.75. The molecule has 0 aliphatic heterocycles. The highest BCUT2D eigenvalue weighted by Crippen LogP contribution is 2.17. The number of nitrogens with zero attached hydrogens (tertiary/aromatic N) is 1. The van der Waals surface area contributed by atoms with E-state index in [1.165, 1.54) is 244 Å². The van der Waals surface area contributed by atoms with E-state index in [0.29, 0.717) is 19.6 Å². The first-order valence-corrected chi connectivity index (χ1v) is 25.9. The molecule has 56 heavy (non-hydrogen) atoms. The Morgan fingerprint density at radius 1 is 0.411 bits per heavy atom. The number of quaternary nitrogens is 1. The molecule has 0 aromatic carbocycles. The minimum absolute atomic E-state index is 0.0819. The van der Waals surface area contributed by atoms with Gasteiger partial charge in [-0.1, -0.05) is 245 Å². The van der Waals surface area contributed by atoms with Crippen molar-refractivity contribution >= 4 is 5.91 Å². The van der Waals surface area contributed by atoms with Gasteiger partial charge in [0, 0.05) is 6.42 Å². The van der Waals surface area contributed by atoms with Gasteiger partial charge in [0.05, 0.1) is 46.5 Å². The number of nitrogens with one attached hydrogen (secondary N) is 1. The standard InChI is InChI=1S/C51H104N2O3/c1-4-6-8-10-12-14-16-18-20-22-24-26-28-30-32-34-36-38-40-42-45-53(3,47-49-56-50-48-54)46-44-52-51(55)43-41-39-37-35-33-31-29-27-25-23-21-19-17-15-13-11-9-7-5-2/h54H,4-50H2,1-3H3/p+1. The summed E-state index contributed by atoms with van der Waals surface area (Å²) in [5.74, 6) is 0.221. The molecule has 0 heterocycles. The molecule has 0 aliphatic carbocycles. The van der Waals surface area contributed by atoms with Crippen LogP contribution in [0.3, 0.4) is 0 Å². The van der Waals surface area contributed by atoms with Crippen molar-refractivity contribution in [2.24, 2.45) is 0 Å². The topological polar surface area (TPSA) is 58.6 Å². The number of unbranched alkanes of at least 4 members (excludes halogenated alkanes) is 37. The largest absolute Gasteiger partial charge is 0.394 e. The lowest BCUT2D eigenvalue weighted by molar-refractivity contribution is -0.909. The molecule has 1 unspecified atom stereocenters. The van der Waals surface area contributed by atoms with Crippen molar-refractivity contribution in [1.82, 2.24) is 5.32 Å². The van der Waals surface area contributed by atoms with E-state index in [-0.39, 0.29) is 12.5 Å². The van der Waals surface area contributed by atoms with Gasteiger partial charge in [-0.15, -0.1) is 0 Å². The second kappa shape index (κ2) is 47.0. The van der Waals surface area contributed by atoms with Crippen LogP contribution in [0.25, 0.3) is 0 Å². The van der Waals surface area contributed by atoms with Crippen molar-refractivity contribution in [3.8, 4) is 0 Å². The third kappa shape index (κ3) is 44.5. The second-order valence-corrected chi connectivity index (χ2v) is 18.3. The smallest absolute Gasteiger partial charge is 0.220 e. The van der Waals surface area contributed by atoms with E-state index in [1.54, 1.807) is 0 Å². The summed E-state index contributed by atoms with van der Waals surface area (Å²) in [6.07, 6.45) is 55.1. The van der Waals surface area contributed by atoms with Gasteiger partial charge < -0.3 is 19.6 Å². The van der Waals surface area contributed by atoms with E-state index in [1.807, 2.05) is 0 Å². The lowest BCUT2D eigenvalue weighted by Crippen LogP contribution is -2.51. The number of carbonyl (C=O) groups excluding carboxylic acids is 1. The van der Waals surface area contributed by atoms with Crippen LogP contribution in [0.2, 0.25) is 0 Å². The second-order valence-electron chi connectivity index (χ2n) is 18.3. The zero-order chi connectivity index (χ0) is 40.7. The lowest BCUT2D eigenvalue weighted by atomic mass is 10.0. The van der Waals surface area contributed by atoms with Crippen LogP contribution in [0.5, 0.6) is 0 Å². The van der Waals surface area contributed by atoms with Crippen LogP contribution >= 0.6 is 0 Å². The molecule has 0 aromatic rings. The van der Waals surface area contributed by atoms with Crippen molar-refractivity contribution in [3.05, 3.63) is 0 Å². The highest BCUT2D eigenvalue weighted by atomic mass is 16.5. The normalized spacial score (nSPS) is 12.7. The molecular weight excluding hydrogens is 689 g/mol. The van der Waals surface area contributed by atoms with Gasteiger partial charge in [-0.05, 0) is 19.3 Å². The van der Waals surface area contributed by atoms with E-state index in [4.69, 9.17) is 9.84 Å². The Bertz CT molecular complexity index is 749. The zero-order valence-electron chi connectivity index (χ0n) is 38.9. The molecule has 336 valence electrons. The molecule has 1 amide bonds. The fourth-order valence-corrected chi connectivity index (χ4v) is 8.45. The molecule has 0 aliphatic rings. The SMILES string of the molecule is CCCCCCCCCCCCCCCCCCCCCC[N+](C)(CCNC(=O)CCCCCCCCCCCCCCCCCCCCC)CCOCCO. The maximum Gasteiger partial charge on any atom is 0.220 e. The Balaban J connectivity index is 3.75. The molecule has 0 fully saturated rings. The number of ether oxygens (including phenoxy) is 1. The Labute approximate surface area is 353 Å². The highest BCUT2D eigenvalue weighted by Gasteiger charge is 2.21. The number of rotatable bonds is 49. The molecule has 0 saturated heterocycles. The van der Waals surface area contributed by atoms with Crippen LogP contribution in [0.4, 0.5) is 0 Å². The third-order valence-electron chi connectivity index (χ3n) is 12.5. The molecule has 5 nitrogen and oxygen atoms in total. The molecule has 0 radical (unpaired) electrons. The molecular formula is C51H105N2O3+. The maximum absolute atomic E-state index is 12.6. The van der Waals surface area contributed by atoms with Crippen LogP contribution in [0, 0.1) is 0 Å². The van der Waals surface area contributed by atoms with Crippen molar-refractivity contribution in [1.29, 1.82) is 0 Å². The van der Waals surface area contributed by atoms with Crippen LogP contribution in [-0.4, -0.2) is 68.5 Å². The molecule has 0 aromatic heterocycles. The van der Waals surface area contributed by atoms with Crippen LogP contribution < -0.4 is 5.32 Å². The van der Waals surface area contributed by atoms with E-state index >= 15 is 0 Å². The Kier molecular flexibility index (Phi) is 46.5. The number of aliphatic hydroxyl groups is 1. The fraction of sp³-hybridized carbons (Fsp3) is 0.980. The minimum atomic E-state index is 0.0819. The van der Waals surface area contributed by atoms with Crippen molar-refractivity contribution in [3.63, 3.8) is 0 Å². The van der Waals surface area contributed by atoms with Gasteiger partial charge in [0.1, 0.15) is 6.54 Å². The Hall–Kier alpha value is -0.650. The predicted octanol–water partition coefficient (Wildman–Crippen LogP) is 15.2. The van der Waals surface area contributed by atoms with Gasteiger partial charge in [0.2, 0.25) is 5.91 Å². The predicted molar refractivity (Wildman–Crippen MR) is 248 cm³/mol. The quantitative estimate of drug-likeness (QED) is 0.0476. The van der Waals surface area contributed by atoms with Gasteiger partial charge in [0.15, 0.2) is 0 Å². The number of aliphatic hydroxyl groups excluding tert-OH is 1. The van der Waals surface area contributed by atoms with E-state index in [0.717, 1.165) is 37.1 Å². The molecule has 0 spiro atoms. The molecule has 5 heteroatoms. The van der Waals surface area contributed by atoms with E-state index in [9.17, 15) is 4.79 Å². The maximum atomic E-state index is 12.6. The van der Waals surface area contributed by atoms with Crippen LogP contribution in [0.15, 0.2) is 0 Å². The number of likely N-dealkylation sites (N-methyl/N-ethyl adjacent to an activating group) is 1. The first kappa shape index (κ1) is 55.4. The van der Waals surface area contributed by atoms with Crippen molar-refractivity contribution < 1.29 is 19.1 Å². The van der Waals surface area contributed by atoms with E-state index < -0.39 is 0 Å². The van der Waals surface area contributed by atoms with Gasteiger partial charge in [-0.3, -0.25) is 4.79 Å². The molecule has 0 bridgehead atoms. The number of hydrogen-bond acceptors (Lipinski definition) is 3. The minimum Gasteiger partial charge on any atom is -0.394 e. The Morgan fingerprint density at radius 2 is 0.714 bits per heavy atom. The monoisotopic (exact) mass is 794 g/mol. The summed E-state index contributed by atoms with van der Waals surface area (Å²) in [6, 6.07) is 0. The Morgan fingerprint density at radius 3 is 1.04 bits per heavy atom. The average Bonchev–Trinajstić information content (AvgIpc) is 3.19. The average molecular weight is 794 g/mol. The number of amides is 1. The number of hydrogen-bond donors (Lipinski definition) is 2. The van der Waals surface area contributed by atoms with Crippen molar-refractivity contribution in [2.45, 2.75) is 271 Å². The summed E-state index contributed by atoms with van der Waals surface area (Å²) < 4.78 is 6.58. The molecule has 1 atom stereocenters. The third-order valence-corrected chi connectivity index (χ3v) is 12.5. The summed E-state index contributed by atoms with van der Waals surface area (Å²) in [6.45, 7) is 9.53. The van der Waals surface area contributed by atoms with Gasteiger partial charge in [-0.2, -0.15) is 0 Å².